The highest BCUT2D eigenvalue weighted by Crippen LogP contribution is 2.14. The maximum absolute atomic E-state index is 11.4. The van der Waals surface area contributed by atoms with Crippen molar-refractivity contribution in [2.75, 3.05) is 6.61 Å². The highest BCUT2D eigenvalue weighted by atomic mass is 16.6. The normalized spacial score (nSPS) is 10.3. The number of hydrogen-bond donors (Lipinski definition) is 0. The van der Waals surface area contributed by atoms with Crippen LogP contribution in [0.3, 0.4) is 0 Å². The van der Waals surface area contributed by atoms with Gasteiger partial charge in [0, 0.05) is 6.42 Å². The Morgan fingerprint density at radius 1 is 0.955 bits per heavy atom. The zero-order valence-electron chi connectivity index (χ0n) is 13.6. The molecule has 0 fully saturated rings. The first kappa shape index (κ1) is 18.2. The number of esters is 2. The Balaban J connectivity index is 2.26. The lowest BCUT2D eigenvalue weighted by Crippen LogP contribution is -2.11. The zero-order chi connectivity index (χ0) is 16.2. The first-order valence-corrected chi connectivity index (χ1v) is 8.11. The molecule has 0 spiro atoms. The fourth-order valence-electron chi connectivity index (χ4n) is 1.97. The number of unbranched alkanes of at least 4 members (excludes halogenated alkanes) is 3. The Labute approximate surface area is 132 Å². The van der Waals surface area contributed by atoms with Gasteiger partial charge < -0.3 is 9.47 Å². The molecule has 0 atom stereocenters. The Bertz CT molecular complexity index is 451. The maximum Gasteiger partial charge on any atom is 0.313 e. The van der Waals surface area contributed by atoms with Crippen molar-refractivity contribution in [2.45, 2.75) is 58.8 Å². The molecule has 0 saturated carbocycles. The van der Waals surface area contributed by atoms with Gasteiger partial charge in [-0.2, -0.15) is 0 Å². The molecule has 0 amide bonds. The molecule has 0 heterocycles. The van der Waals surface area contributed by atoms with Crippen LogP contribution < -0.4 is 4.74 Å². The summed E-state index contributed by atoms with van der Waals surface area (Å²) in [7, 11) is 0. The van der Waals surface area contributed by atoms with Crippen LogP contribution in [0.2, 0.25) is 0 Å². The number of ether oxygens (including phenoxy) is 2. The minimum absolute atomic E-state index is 0.211. The van der Waals surface area contributed by atoms with E-state index in [2.05, 4.69) is 11.7 Å². The molecule has 0 bridgehead atoms. The van der Waals surface area contributed by atoms with Gasteiger partial charge in [-0.1, -0.05) is 45.2 Å². The fourth-order valence-corrected chi connectivity index (χ4v) is 1.97. The van der Waals surface area contributed by atoms with Gasteiger partial charge in [-0.15, -0.1) is 0 Å². The van der Waals surface area contributed by atoms with Crippen LogP contribution in [0, 0.1) is 0 Å². The molecule has 0 unspecified atom stereocenters. The van der Waals surface area contributed by atoms with Crippen LogP contribution in [0.15, 0.2) is 24.3 Å². The van der Waals surface area contributed by atoms with Crippen molar-refractivity contribution in [3.05, 3.63) is 29.8 Å². The summed E-state index contributed by atoms with van der Waals surface area (Å²) >= 11 is 0. The summed E-state index contributed by atoms with van der Waals surface area (Å²) in [6.07, 6.45) is 5.74. The smallest absolute Gasteiger partial charge is 0.313 e. The third-order valence-corrected chi connectivity index (χ3v) is 3.32. The Kier molecular flexibility index (Phi) is 8.96. The monoisotopic (exact) mass is 306 g/mol. The van der Waals surface area contributed by atoms with Crippen LogP contribution in [0.4, 0.5) is 0 Å². The van der Waals surface area contributed by atoms with Crippen molar-refractivity contribution in [1.29, 1.82) is 0 Å². The van der Waals surface area contributed by atoms with Gasteiger partial charge in [0.1, 0.15) is 5.75 Å². The molecule has 1 rings (SSSR count). The SMILES string of the molecule is CCCCCCOc1ccc(CCC(=O)OC(=O)CC)cc1. The Morgan fingerprint density at radius 3 is 2.32 bits per heavy atom. The maximum atomic E-state index is 11.4. The molecular weight excluding hydrogens is 280 g/mol. The summed E-state index contributed by atoms with van der Waals surface area (Å²) in [5.74, 6) is -0.0936. The molecule has 122 valence electrons. The van der Waals surface area contributed by atoms with E-state index in [1.54, 1.807) is 6.92 Å². The average Bonchev–Trinajstić information content (AvgIpc) is 2.53. The molecule has 1 aromatic rings. The fraction of sp³-hybridized carbons (Fsp3) is 0.556. The van der Waals surface area contributed by atoms with E-state index >= 15 is 0 Å². The van der Waals surface area contributed by atoms with E-state index in [-0.39, 0.29) is 12.8 Å². The highest BCUT2D eigenvalue weighted by Gasteiger charge is 2.08. The molecule has 0 aliphatic carbocycles. The number of carbonyl (C=O) groups is 2. The van der Waals surface area contributed by atoms with E-state index in [9.17, 15) is 9.59 Å². The zero-order valence-corrected chi connectivity index (χ0v) is 13.6. The van der Waals surface area contributed by atoms with Crippen molar-refractivity contribution < 1.29 is 19.1 Å². The number of rotatable bonds is 10. The van der Waals surface area contributed by atoms with Gasteiger partial charge in [-0.25, -0.2) is 0 Å². The van der Waals surface area contributed by atoms with Crippen LogP contribution in [0.5, 0.6) is 5.75 Å². The van der Waals surface area contributed by atoms with Crippen LogP contribution in [0.1, 0.15) is 57.9 Å². The largest absolute Gasteiger partial charge is 0.494 e. The van der Waals surface area contributed by atoms with Crippen LogP contribution in [-0.2, 0) is 20.7 Å². The molecule has 0 aromatic heterocycles. The van der Waals surface area contributed by atoms with Crippen molar-refractivity contribution in [3.63, 3.8) is 0 Å². The van der Waals surface area contributed by atoms with E-state index in [0.29, 0.717) is 6.42 Å². The molecule has 4 nitrogen and oxygen atoms in total. The third-order valence-electron chi connectivity index (χ3n) is 3.32. The molecule has 0 radical (unpaired) electrons. The van der Waals surface area contributed by atoms with Crippen LogP contribution in [-0.4, -0.2) is 18.5 Å². The predicted molar refractivity (Wildman–Crippen MR) is 85.8 cm³/mol. The van der Waals surface area contributed by atoms with Gasteiger partial charge in [0.25, 0.3) is 0 Å². The number of benzene rings is 1. The van der Waals surface area contributed by atoms with Gasteiger partial charge in [0.15, 0.2) is 0 Å². The van der Waals surface area contributed by atoms with E-state index < -0.39 is 11.9 Å². The van der Waals surface area contributed by atoms with Crippen molar-refractivity contribution >= 4 is 11.9 Å². The Morgan fingerprint density at radius 2 is 1.68 bits per heavy atom. The molecule has 1 aromatic carbocycles. The summed E-state index contributed by atoms with van der Waals surface area (Å²) in [5.41, 5.74) is 1.03. The summed E-state index contributed by atoms with van der Waals surface area (Å²) in [6, 6.07) is 7.71. The van der Waals surface area contributed by atoms with E-state index in [1.807, 2.05) is 24.3 Å². The second-order valence-corrected chi connectivity index (χ2v) is 5.25. The lowest BCUT2D eigenvalue weighted by Gasteiger charge is -2.07. The van der Waals surface area contributed by atoms with Gasteiger partial charge in [-0.3, -0.25) is 9.59 Å². The number of hydrogen-bond acceptors (Lipinski definition) is 4. The van der Waals surface area contributed by atoms with Crippen LogP contribution in [0.25, 0.3) is 0 Å². The second kappa shape index (κ2) is 10.8. The molecule has 4 heteroatoms. The minimum Gasteiger partial charge on any atom is -0.494 e. The first-order chi connectivity index (χ1) is 10.7. The number of aryl methyl sites for hydroxylation is 1. The minimum atomic E-state index is -0.475. The molecule has 0 N–H and O–H groups in total. The van der Waals surface area contributed by atoms with Crippen molar-refractivity contribution in [1.82, 2.24) is 0 Å². The summed E-state index contributed by atoms with van der Waals surface area (Å²) in [6.45, 7) is 4.59. The quantitative estimate of drug-likeness (QED) is 0.371. The predicted octanol–water partition coefficient (Wildman–Crippen LogP) is 4.06. The average molecular weight is 306 g/mol. The number of carbonyl (C=O) groups excluding carboxylic acids is 2. The second-order valence-electron chi connectivity index (χ2n) is 5.25. The highest BCUT2D eigenvalue weighted by molar-refractivity contribution is 5.85. The molecule has 0 aliphatic heterocycles. The van der Waals surface area contributed by atoms with Gasteiger partial charge in [0.05, 0.1) is 13.0 Å². The van der Waals surface area contributed by atoms with Gasteiger partial charge in [0.2, 0.25) is 0 Å². The summed E-state index contributed by atoms with van der Waals surface area (Å²) < 4.78 is 10.3. The molecule has 22 heavy (non-hydrogen) atoms. The molecular formula is C18H26O4. The van der Waals surface area contributed by atoms with Gasteiger partial charge >= 0.3 is 11.9 Å². The topological polar surface area (TPSA) is 52.6 Å². The van der Waals surface area contributed by atoms with E-state index in [1.165, 1.54) is 19.3 Å². The standard InChI is InChI=1S/C18H26O4/c1-3-5-6-7-14-21-16-11-8-15(9-12-16)10-13-18(20)22-17(19)4-2/h8-9,11-12H,3-7,10,13-14H2,1-2H3. The summed E-state index contributed by atoms with van der Waals surface area (Å²) in [5, 5.41) is 0. The summed E-state index contributed by atoms with van der Waals surface area (Å²) in [4.78, 5) is 22.4. The van der Waals surface area contributed by atoms with Gasteiger partial charge in [-0.05, 0) is 30.5 Å². The van der Waals surface area contributed by atoms with Crippen LogP contribution >= 0.6 is 0 Å². The molecule has 0 saturated heterocycles. The van der Waals surface area contributed by atoms with Crippen molar-refractivity contribution in [3.8, 4) is 5.75 Å². The van der Waals surface area contributed by atoms with E-state index in [4.69, 9.17) is 4.74 Å². The van der Waals surface area contributed by atoms with Crippen molar-refractivity contribution in [2.24, 2.45) is 0 Å². The lowest BCUT2D eigenvalue weighted by atomic mass is 10.1. The molecule has 0 aliphatic rings. The Hall–Kier alpha value is -1.84. The first-order valence-electron chi connectivity index (χ1n) is 8.11. The third kappa shape index (κ3) is 7.81. The van der Waals surface area contributed by atoms with E-state index in [0.717, 1.165) is 24.3 Å². The lowest BCUT2D eigenvalue weighted by molar-refractivity contribution is -0.159.